The van der Waals surface area contributed by atoms with E-state index in [1.54, 1.807) is 61.8 Å². The highest BCUT2D eigenvalue weighted by molar-refractivity contribution is 6.15. The number of esters is 1. The van der Waals surface area contributed by atoms with E-state index in [2.05, 4.69) is 4.98 Å². The summed E-state index contributed by atoms with van der Waals surface area (Å²) in [4.78, 5) is 29.0. The fourth-order valence-corrected chi connectivity index (χ4v) is 3.00. The van der Waals surface area contributed by atoms with Crippen LogP contribution in [0.15, 0.2) is 66.7 Å². The molecule has 1 aliphatic rings. The van der Waals surface area contributed by atoms with Crippen molar-refractivity contribution in [2.45, 2.75) is 13.8 Å². The first kappa shape index (κ1) is 17.7. The number of carbonyl (C=O) groups is 2. The molecule has 4 rings (SSSR count). The molecular formula is C23H17NO4. The molecule has 3 aromatic rings. The van der Waals surface area contributed by atoms with E-state index in [1.807, 2.05) is 19.1 Å². The maximum Gasteiger partial charge on any atom is 0.343 e. The van der Waals surface area contributed by atoms with Crippen LogP contribution in [0, 0.1) is 13.8 Å². The Morgan fingerprint density at radius 3 is 2.46 bits per heavy atom. The molecule has 28 heavy (non-hydrogen) atoms. The molecule has 1 aromatic heterocycles. The first-order chi connectivity index (χ1) is 13.5. The number of aryl methyl sites for hydroxylation is 2. The molecule has 138 valence electrons. The number of Topliss-reactive ketones (excluding diaryl/α,β-unsaturated/α-hetero) is 1. The molecule has 2 aromatic carbocycles. The van der Waals surface area contributed by atoms with E-state index in [4.69, 9.17) is 9.47 Å². The third kappa shape index (κ3) is 3.42. The normalized spacial score (nSPS) is 13.9. The van der Waals surface area contributed by atoms with Crippen LogP contribution in [0.5, 0.6) is 11.5 Å². The molecule has 0 N–H and O–H groups in total. The highest BCUT2D eigenvalue weighted by atomic mass is 16.5. The van der Waals surface area contributed by atoms with Crippen molar-refractivity contribution in [3.63, 3.8) is 0 Å². The number of hydrogen-bond acceptors (Lipinski definition) is 5. The van der Waals surface area contributed by atoms with Gasteiger partial charge in [0.15, 0.2) is 5.76 Å². The number of carbonyl (C=O) groups excluding carboxylic acids is 2. The molecule has 2 heterocycles. The zero-order valence-corrected chi connectivity index (χ0v) is 15.4. The van der Waals surface area contributed by atoms with Gasteiger partial charge in [-0.1, -0.05) is 17.7 Å². The Balaban J connectivity index is 1.60. The van der Waals surface area contributed by atoms with Gasteiger partial charge < -0.3 is 9.47 Å². The molecule has 5 heteroatoms. The van der Waals surface area contributed by atoms with Crippen LogP contribution in [0.2, 0.25) is 0 Å². The molecule has 0 saturated heterocycles. The molecule has 0 fully saturated rings. The zero-order valence-electron chi connectivity index (χ0n) is 15.4. The number of benzene rings is 2. The average molecular weight is 371 g/mol. The quantitative estimate of drug-likeness (QED) is 0.384. The summed E-state index contributed by atoms with van der Waals surface area (Å²) in [6, 6.07) is 13.9. The van der Waals surface area contributed by atoms with Crippen molar-refractivity contribution in [3.8, 4) is 11.5 Å². The smallest absolute Gasteiger partial charge is 0.343 e. The lowest BCUT2D eigenvalue weighted by Gasteiger charge is -2.08. The molecule has 1 aliphatic heterocycles. The second kappa shape index (κ2) is 7.12. The molecule has 0 radical (unpaired) electrons. The highest BCUT2D eigenvalue weighted by Crippen LogP contribution is 2.37. The van der Waals surface area contributed by atoms with Crippen LogP contribution in [0.25, 0.3) is 6.08 Å². The third-order valence-electron chi connectivity index (χ3n) is 4.45. The van der Waals surface area contributed by atoms with E-state index in [-0.39, 0.29) is 11.5 Å². The molecule has 0 atom stereocenters. The number of aromatic nitrogens is 1. The van der Waals surface area contributed by atoms with Gasteiger partial charge in [0.25, 0.3) is 0 Å². The second-order valence-electron chi connectivity index (χ2n) is 6.59. The second-order valence-corrected chi connectivity index (χ2v) is 6.59. The highest BCUT2D eigenvalue weighted by Gasteiger charge is 2.30. The summed E-state index contributed by atoms with van der Waals surface area (Å²) >= 11 is 0. The van der Waals surface area contributed by atoms with Crippen molar-refractivity contribution in [1.29, 1.82) is 0 Å². The third-order valence-corrected chi connectivity index (χ3v) is 4.45. The summed E-state index contributed by atoms with van der Waals surface area (Å²) in [5.41, 5.74) is 3.50. The van der Waals surface area contributed by atoms with E-state index in [0.29, 0.717) is 28.2 Å². The predicted molar refractivity (Wildman–Crippen MR) is 104 cm³/mol. The van der Waals surface area contributed by atoms with E-state index in [1.165, 1.54) is 0 Å². The minimum absolute atomic E-state index is 0.194. The lowest BCUT2D eigenvalue weighted by Crippen LogP contribution is -2.08. The molecule has 5 nitrogen and oxygen atoms in total. The Kier molecular flexibility index (Phi) is 4.49. The van der Waals surface area contributed by atoms with Crippen LogP contribution < -0.4 is 9.47 Å². The first-order valence-electron chi connectivity index (χ1n) is 8.79. The maximum absolute atomic E-state index is 12.7. The Labute approximate surface area is 162 Å². The van der Waals surface area contributed by atoms with Gasteiger partial charge in [-0.05, 0) is 61.4 Å². The summed E-state index contributed by atoms with van der Waals surface area (Å²) in [6.45, 7) is 3.74. The Morgan fingerprint density at radius 2 is 1.75 bits per heavy atom. The number of ketones is 1. The van der Waals surface area contributed by atoms with Crippen molar-refractivity contribution in [3.05, 3.63) is 94.5 Å². The summed E-state index contributed by atoms with van der Waals surface area (Å²) < 4.78 is 11.2. The molecular weight excluding hydrogens is 354 g/mol. The predicted octanol–water partition coefficient (Wildman–Crippen LogP) is 4.53. The van der Waals surface area contributed by atoms with Crippen molar-refractivity contribution >= 4 is 17.8 Å². The van der Waals surface area contributed by atoms with Crippen LogP contribution >= 0.6 is 0 Å². The summed E-state index contributed by atoms with van der Waals surface area (Å²) in [7, 11) is 0. The van der Waals surface area contributed by atoms with Crippen LogP contribution in [0.3, 0.4) is 0 Å². The largest absolute Gasteiger partial charge is 0.452 e. The van der Waals surface area contributed by atoms with Gasteiger partial charge in [-0.25, -0.2) is 4.79 Å². The standard InChI is InChI=1S/C23H17NO4/c1-14-3-5-17(6-4-14)23(26)27-18-11-15(2)21-19(13-18)28-20(22(21)25)12-16-7-9-24-10-8-16/h3-13H,1-2H3/b20-12-. The average Bonchev–Trinajstić information content (AvgIpc) is 2.99. The van der Waals surface area contributed by atoms with Crippen molar-refractivity contribution in [2.24, 2.45) is 0 Å². The van der Waals surface area contributed by atoms with Gasteiger partial charge in [0.05, 0.1) is 11.1 Å². The van der Waals surface area contributed by atoms with Crippen LogP contribution in [-0.2, 0) is 0 Å². The molecule has 0 saturated carbocycles. The molecule has 0 bridgehead atoms. The summed E-state index contributed by atoms with van der Waals surface area (Å²) in [6.07, 6.45) is 4.96. The molecule has 0 aliphatic carbocycles. The maximum atomic E-state index is 12.7. The van der Waals surface area contributed by atoms with E-state index in [9.17, 15) is 9.59 Å². The van der Waals surface area contributed by atoms with Crippen LogP contribution in [-0.4, -0.2) is 16.7 Å². The first-order valence-corrected chi connectivity index (χ1v) is 8.79. The Morgan fingerprint density at radius 1 is 1.04 bits per heavy atom. The van der Waals surface area contributed by atoms with Crippen LogP contribution in [0.1, 0.15) is 37.4 Å². The van der Waals surface area contributed by atoms with Crippen molar-refractivity contribution < 1.29 is 19.1 Å². The van der Waals surface area contributed by atoms with E-state index >= 15 is 0 Å². The van der Waals surface area contributed by atoms with Gasteiger partial charge in [0, 0.05) is 18.5 Å². The number of ether oxygens (including phenoxy) is 2. The number of rotatable bonds is 3. The number of allylic oxidation sites excluding steroid dienone is 1. The number of nitrogens with zero attached hydrogens (tertiary/aromatic N) is 1. The van der Waals surface area contributed by atoms with Gasteiger partial charge in [-0.15, -0.1) is 0 Å². The van der Waals surface area contributed by atoms with Crippen molar-refractivity contribution in [1.82, 2.24) is 4.98 Å². The minimum Gasteiger partial charge on any atom is -0.452 e. The molecule has 0 spiro atoms. The van der Waals surface area contributed by atoms with E-state index < -0.39 is 5.97 Å². The van der Waals surface area contributed by atoms with Gasteiger partial charge in [0.1, 0.15) is 11.5 Å². The topological polar surface area (TPSA) is 65.5 Å². The lowest BCUT2D eigenvalue weighted by molar-refractivity contribution is 0.0734. The molecule has 0 unspecified atom stereocenters. The SMILES string of the molecule is Cc1ccc(C(=O)Oc2cc(C)c3c(c2)O/C(=C\c2ccncc2)C3=O)cc1. The van der Waals surface area contributed by atoms with Gasteiger partial charge in [0.2, 0.25) is 5.78 Å². The Hall–Kier alpha value is -3.73. The Bertz CT molecular complexity index is 1100. The van der Waals surface area contributed by atoms with Crippen LogP contribution in [0.4, 0.5) is 0 Å². The lowest BCUT2D eigenvalue weighted by atomic mass is 10.0. The summed E-state index contributed by atoms with van der Waals surface area (Å²) in [5, 5.41) is 0. The fraction of sp³-hybridized carbons (Fsp3) is 0.0870. The van der Waals surface area contributed by atoms with Gasteiger partial charge >= 0.3 is 5.97 Å². The number of fused-ring (bicyclic) bond motifs is 1. The minimum atomic E-state index is -0.462. The van der Waals surface area contributed by atoms with Gasteiger partial charge in [-0.2, -0.15) is 0 Å². The van der Waals surface area contributed by atoms with Crippen molar-refractivity contribution in [2.75, 3.05) is 0 Å². The molecule has 0 amide bonds. The number of hydrogen-bond donors (Lipinski definition) is 0. The monoisotopic (exact) mass is 371 g/mol. The zero-order chi connectivity index (χ0) is 19.7. The number of pyridine rings is 1. The summed E-state index contributed by atoms with van der Waals surface area (Å²) in [5.74, 6) is 0.292. The fourth-order valence-electron chi connectivity index (χ4n) is 3.00. The van der Waals surface area contributed by atoms with E-state index in [0.717, 1.165) is 11.1 Å². The van der Waals surface area contributed by atoms with Gasteiger partial charge in [-0.3, -0.25) is 9.78 Å².